The second-order valence-electron chi connectivity index (χ2n) is 6.60. The van der Waals surface area contributed by atoms with Crippen LogP contribution >= 0.6 is 11.3 Å². The Morgan fingerprint density at radius 3 is 2.78 bits per heavy atom. The van der Waals surface area contributed by atoms with E-state index in [1.165, 1.54) is 11.3 Å². The first-order valence-electron chi connectivity index (χ1n) is 7.70. The second kappa shape index (κ2) is 6.37. The molecule has 1 amide bonds. The van der Waals surface area contributed by atoms with E-state index in [9.17, 15) is 4.79 Å². The Hall–Kier alpha value is -1.80. The summed E-state index contributed by atoms with van der Waals surface area (Å²) in [5.41, 5.74) is 0.824. The van der Waals surface area contributed by atoms with Gasteiger partial charge in [0.25, 0.3) is 5.91 Å². The maximum absolute atomic E-state index is 12.2. The molecule has 1 aliphatic rings. The molecule has 8 heteroatoms. The number of hydrogen-bond donors (Lipinski definition) is 1. The van der Waals surface area contributed by atoms with Crippen molar-refractivity contribution in [2.75, 3.05) is 18.5 Å². The Morgan fingerprint density at radius 1 is 1.39 bits per heavy atom. The van der Waals surface area contributed by atoms with Crippen LogP contribution in [0.5, 0.6) is 0 Å². The minimum atomic E-state index is -0.333. The highest BCUT2D eigenvalue weighted by atomic mass is 32.1. The number of amides is 1. The number of carbonyl (C=O) groups is 1. The summed E-state index contributed by atoms with van der Waals surface area (Å²) in [5.74, 6) is 0.243. The summed E-state index contributed by atoms with van der Waals surface area (Å²) in [6, 6.07) is 0. The van der Waals surface area contributed by atoms with E-state index in [1.807, 2.05) is 26.2 Å². The van der Waals surface area contributed by atoms with Crippen molar-refractivity contribution in [2.45, 2.75) is 45.1 Å². The average molecular weight is 335 g/mol. The zero-order chi connectivity index (χ0) is 16.4. The van der Waals surface area contributed by atoms with Crippen molar-refractivity contribution in [3.63, 3.8) is 0 Å². The fourth-order valence-corrected chi connectivity index (χ4v) is 3.16. The van der Waals surface area contributed by atoms with Crippen molar-refractivity contribution in [3.8, 4) is 0 Å². The van der Waals surface area contributed by atoms with Crippen molar-refractivity contribution in [1.29, 1.82) is 0 Å². The average Bonchev–Trinajstić information content (AvgIpc) is 3.17. The Balaban J connectivity index is 1.66. The molecule has 7 nitrogen and oxygen atoms in total. The molecule has 0 aromatic carbocycles. The molecule has 0 spiro atoms. The number of anilines is 1. The number of carbonyl (C=O) groups excluding carboxylic acids is 1. The van der Waals surface area contributed by atoms with Gasteiger partial charge < -0.3 is 4.74 Å². The van der Waals surface area contributed by atoms with Crippen molar-refractivity contribution in [3.05, 3.63) is 23.2 Å². The highest BCUT2D eigenvalue weighted by Gasteiger charge is 2.21. The summed E-state index contributed by atoms with van der Waals surface area (Å²) >= 11 is 1.43. The van der Waals surface area contributed by atoms with Crippen LogP contribution in [0.25, 0.3) is 0 Å². The first kappa shape index (κ1) is 16.1. The van der Waals surface area contributed by atoms with E-state index in [2.05, 4.69) is 20.4 Å². The Kier molecular flexibility index (Phi) is 4.45. The SMILES string of the molecule is CC(C)(C)n1cnc(C(=O)Nc2nc(C3CCOCC3)cs2)n1. The predicted molar refractivity (Wildman–Crippen MR) is 87.9 cm³/mol. The van der Waals surface area contributed by atoms with Crippen LogP contribution in [0.2, 0.25) is 0 Å². The molecular weight excluding hydrogens is 314 g/mol. The molecule has 23 heavy (non-hydrogen) atoms. The van der Waals surface area contributed by atoms with Crippen LogP contribution in [0, 0.1) is 0 Å². The summed E-state index contributed by atoms with van der Waals surface area (Å²) < 4.78 is 7.04. The van der Waals surface area contributed by atoms with E-state index < -0.39 is 0 Å². The second-order valence-corrected chi connectivity index (χ2v) is 7.46. The molecule has 124 valence electrons. The van der Waals surface area contributed by atoms with Gasteiger partial charge >= 0.3 is 0 Å². The van der Waals surface area contributed by atoms with E-state index in [1.54, 1.807) is 11.0 Å². The third-order valence-corrected chi connectivity index (χ3v) is 4.54. The maximum Gasteiger partial charge on any atom is 0.297 e. The highest BCUT2D eigenvalue weighted by molar-refractivity contribution is 7.14. The first-order chi connectivity index (χ1) is 10.9. The standard InChI is InChI=1S/C15H21N5O2S/c1-15(2,3)20-9-16-12(19-20)13(21)18-14-17-11(8-23-14)10-4-6-22-7-5-10/h8-10H,4-7H2,1-3H3,(H,17,18,21). The van der Waals surface area contributed by atoms with Crippen molar-refractivity contribution >= 4 is 22.4 Å². The fraction of sp³-hybridized carbons (Fsp3) is 0.600. The normalized spacial score (nSPS) is 16.5. The quantitative estimate of drug-likeness (QED) is 0.932. The van der Waals surface area contributed by atoms with Gasteiger partial charge in [0.2, 0.25) is 5.82 Å². The Bertz CT molecular complexity index is 682. The molecule has 1 aliphatic heterocycles. The van der Waals surface area contributed by atoms with Crippen molar-refractivity contribution in [2.24, 2.45) is 0 Å². The number of nitrogens with one attached hydrogen (secondary N) is 1. The zero-order valence-corrected chi connectivity index (χ0v) is 14.4. The number of aromatic nitrogens is 4. The van der Waals surface area contributed by atoms with E-state index in [0.717, 1.165) is 31.7 Å². The summed E-state index contributed by atoms with van der Waals surface area (Å²) in [4.78, 5) is 20.8. The first-order valence-corrected chi connectivity index (χ1v) is 8.58. The topological polar surface area (TPSA) is 81.9 Å². The van der Waals surface area contributed by atoms with Gasteiger partial charge in [0, 0.05) is 24.5 Å². The van der Waals surface area contributed by atoms with Crippen LogP contribution in [0.1, 0.15) is 55.8 Å². The van der Waals surface area contributed by atoms with E-state index in [-0.39, 0.29) is 17.3 Å². The third-order valence-electron chi connectivity index (χ3n) is 3.76. The van der Waals surface area contributed by atoms with Crippen LogP contribution in [-0.2, 0) is 10.3 Å². The molecule has 1 saturated heterocycles. The van der Waals surface area contributed by atoms with Gasteiger partial charge in [-0.15, -0.1) is 16.4 Å². The molecule has 3 rings (SSSR count). The van der Waals surface area contributed by atoms with Crippen molar-refractivity contribution in [1.82, 2.24) is 19.7 Å². The van der Waals surface area contributed by atoms with Gasteiger partial charge in [-0.05, 0) is 33.6 Å². The van der Waals surface area contributed by atoms with Gasteiger partial charge in [0.15, 0.2) is 5.13 Å². The van der Waals surface area contributed by atoms with Crippen LogP contribution in [-0.4, -0.2) is 38.9 Å². The zero-order valence-electron chi connectivity index (χ0n) is 13.6. The number of nitrogens with zero attached hydrogens (tertiary/aromatic N) is 4. The fourth-order valence-electron chi connectivity index (χ4n) is 2.37. The molecule has 1 fully saturated rings. The molecule has 3 heterocycles. The number of hydrogen-bond acceptors (Lipinski definition) is 6. The van der Waals surface area contributed by atoms with E-state index >= 15 is 0 Å². The molecule has 0 saturated carbocycles. The van der Waals surface area contributed by atoms with Gasteiger partial charge in [-0.1, -0.05) is 0 Å². The summed E-state index contributed by atoms with van der Waals surface area (Å²) in [6.45, 7) is 7.56. The largest absolute Gasteiger partial charge is 0.381 e. The lowest BCUT2D eigenvalue weighted by Crippen LogP contribution is -2.23. The Morgan fingerprint density at radius 2 is 2.13 bits per heavy atom. The summed E-state index contributed by atoms with van der Waals surface area (Å²) in [7, 11) is 0. The lowest BCUT2D eigenvalue weighted by Gasteiger charge is -2.19. The Labute approximate surface area is 139 Å². The minimum absolute atomic E-state index is 0.155. The lowest BCUT2D eigenvalue weighted by molar-refractivity contribution is 0.0846. The monoisotopic (exact) mass is 335 g/mol. The van der Waals surface area contributed by atoms with Gasteiger partial charge in [0.05, 0.1) is 11.2 Å². The molecule has 1 N–H and O–H groups in total. The van der Waals surface area contributed by atoms with Gasteiger partial charge in [0.1, 0.15) is 6.33 Å². The van der Waals surface area contributed by atoms with Gasteiger partial charge in [-0.25, -0.2) is 14.6 Å². The lowest BCUT2D eigenvalue weighted by atomic mass is 9.98. The van der Waals surface area contributed by atoms with Gasteiger partial charge in [-0.2, -0.15) is 0 Å². The molecule has 0 bridgehead atoms. The summed E-state index contributed by atoms with van der Waals surface area (Å²) in [6.07, 6.45) is 3.54. The number of ether oxygens (including phenoxy) is 1. The van der Waals surface area contributed by atoms with Crippen LogP contribution in [0.4, 0.5) is 5.13 Å². The molecule has 0 radical (unpaired) electrons. The summed E-state index contributed by atoms with van der Waals surface area (Å²) in [5, 5.41) is 9.60. The van der Waals surface area contributed by atoms with E-state index in [0.29, 0.717) is 11.0 Å². The number of rotatable bonds is 3. The van der Waals surface area contributed by atoms with Crippen molar-refractivity contribution < 1.29 is 9.53 Å². The van der Waals surface area contributed by atoms with E-state index in [4.69, 9.17) is 4.74 Å². The number of thiazole rings is 1. The van der Waals surface area contributed by atoms with Crippen LogP contribution < -0.4 is 5.32 Å². The predicted octanol–water partition coefficient (Wildman–Crippen LogP) is 2.64. The molecular formula is C15H21N5O2S. The molecule has 0 unspecified atom stereocenters. The molecule has 0 atom stereocenters. The third kappa shape index (κ3) is 3.76. The molecule has 0 aliphatic carbocycles. The van der Waals surface area contributed by atoms with Gasteiger partial charge in [-0.3, -0.25) is 10.1 Å². The van der Waals surface area contributed by atoms with Crippen LogP contribution in [0.3, 0.4) is 0 Å². The maximum atomic E-state index is 12.2. The minimum Gasteiger partial charge on any atom is -0.381 e. The van der Waals surface area contributed by atoms with Crippen LogP contribution in [0.15, 0.2) is 11.7 Å². The smallest absolute Gasteiger partial charge is 0.297 e. The molecule has 2 aromatic rings. The molecule has 2 aromatic heterocycles. The highest BCUT2D eigenvalue weighted by Crippen LogP contribution is 2.29.